The van der Waals surface area contributed by atoms with Crippen LogP contribution in [0.2, 0.25) is 0 Å². The third-order valence-electron chi connectivity index (χ3n) is 1.76. The summed E-state index contributed by atoms with van der Waals surface area (Å²) < 4.78 is 4.75. The van der Waals surface area contributed by atoms with Gasteiger partial charge in [-0.3, -0.25) is 0 Å². The first-order valence-electron chi connectivity index (χ1n) is 4.36. The Morgan fingerprint density at radius 1 is 1.38 bits per heavy atom. The fourth-order valence-corrected chi connectivity index (χ4v) is 0.916. The zero-order chi connectivity index (χ0) is 12.3. The summed E-state index contributed by atoms with van der Waals surface area (Å²) in [5, 5.41) is 18.1. The highest BCUT2D eigenvalue weighted by atomic mass is 16.5. The molecule has 0 aliphatic rings. The van der Waals surface area contributed by atoms with Gasteiger partial charge in [0.2, 0.25) is 0 Å². The summed E-state index contributed by atoms with van der Waals surface area (Å²) in [6.45, 7) is 4.81. The van der Waals surface area contributed by atoms with E-state index in [0.717, 1.165) is 12.1 Å². The Bertz CT molecular complexity index is 461. The average molecular weight is 222 g/mol. The predicted molar refractivity (Wildman–Crippen MR) is 55.5 cm³/mol. The molecule has 0 fully saturated rings. The molecule has 0 atom stereocenters. The highest BCUT2D eigenvalue weighted by molar-refractivity contribution is 5.91. The summed E-state index contributed by atoms with van der Waals surface area (Å²) in [7, 11) is 0. The molecule has 1 aromatic carbocycles. The van der Waals surface area contributed by atoms with E-state index < -0.39 is 11.9 Å². The molecule has 0 heterocycles. The largest absolute Gasteiger partial charge is 0.504 e. The zero-order valence-corrected chi connectivity index (χ0v) is 8.56. The van der Waals surface area contributed by atoms with Crippen molar-refractivity contribution in [1.82, 2.24) is 0 Å². The van der Waals surface area contributed by atoms with E-state index >= 15 is 0 Å². The van der Waals surface area contributed by atoms with E-state index in [4.69, 9.17) is 9.84 Å². The maximum atomic E-state index is 11.2. The molecule has 5 nitrogen and oxygen atoms in total. The van der Waals surface area contributed by atoms with Gasteiger partial charge < -0.3 is 14.9 Å². The number of carboxylic acids is 1. The number of phenols is 1. The number of carboxylic acid groups (broad SMARTS) is 1. The van der Waals surface area contributed by atoms with Gasteiger partial charge in [0.15, 0.2) is 11.5 Å². The second kappa shape index (κ2) is 4.48. The zero-order valence-electron chi connectivity index (χ0n) is 8.56. The van der Waals surface area contributed by atoms with Crippen LogP contribution >= 0.6 is 0 Å². The Morgan fingerprint density at radius 2 is 2.00 bits per heavy atom. The van der Waals surface area contributed by atoms with Crippen molar-refractivity contribution >= 4 is 11.9 Å². The van der Waals surface area contributed by atoms with Crippen molar-refractivity contribution in [2.24, 2.45) is 0 Å². The van der Waals surface area contributed by atoms with E-state index in [1.807, 2.05) is 0 Å². The lowest BCUT2D eigenvalue weighted by Crippen LogP contribution is -2.09. The molecule has 0 unspecified atom stereocenters. The Labute approximate surface area is 91.6 Å². The van der Waals surface area contributed by atoms with E-state index in [9.17, 15) is 14.7 Å². The number of carbonyl (C=O) groups is 2. The number of rotatable bonds is 3. The highest BCUT2D eigenvalue weighted by Gasteiger charge is 2.12. The number of carbonyl (C=O) groups excluding carboxylic acids is 1. The number of esters is 1. The first-order chi connectivity index (χ1) is 7.41. The minimum absolute atomic E-state index is 0.0812. The van der Waals surface area contributed by atoms with Crippen molar-refractivity contribution < 1.29 is 24.5 Å². The van der Waals surface area contributed by atoms with Crippen LogP contribution in [0.25, 0.3) is 0 Å². The van der Waals surface area contributed by atoms with E-state index in [0.29, 0.717) is 0 Å². The van der Waals surface area contributed by atoms with Crippen LogP contribution in [-0.4, -0.2) is 22.2 Å². The smallest absolute Gasteiger partial charge is 0.338 e. The van der Waals surface area contributed by atoms with Crippen LogP contribution in [0.5, 0.6) is 11.5 Å². The van der Waals surface area contributed by atoms with Crippen molar-refractivity contribution in [2.45, 2.75) is 6.92 Å². The lowest BCUT2D eigenvalue weighted by molar-refractivity contribution is -0.130. The van der Waals surface area contributed by atoms with Gasteiger partial charge in [0.25, 0.3) is 0 Å². The topological polar surface area (TPSA) is 83.8 Å². The number of hydrogen-bond donors (Lipinski definition) is 2. The standard InChI is InChI=1S/C11H10O5/c1-6(2)11(15)16-9-5-7(10(13)14)3-4-8(9)12/h3-5,12H,1H2,2H3,(H,13,14). The SMILES string of the molecule is C=C(C)C(=O)Oc1cc(C(=O)O)ccc1O. The van der Waals surface area contributed by atoms with Crippen LogP contribution in [0.1, 0.15) is 17.3 Å². The second-order valence-corrected chi connectivity index (χ2v) is 3.16. The Morgan fingerprint density at radius 3 is 2.50 bits per heavy atom. The average Bonchev–Trinajstić information content (AvgIpc) is 2.20. The normalized spacial score (nSPS) is 9.56. The summed E-state index contributed by atoms with van der Waals surface area (Å²) >= 11 is 0. The first-order valence-corrected chi connectivity index (χ1v) is 4.36. The second-order valence-electron chi connectivity index (χ2n) is 3.16. The van der Waals surface area contributed by atoms with Gasteiger partial charge in [-0.1, -0.05) is 6.58 Å². The number of benzene rings is 1. The minimum atomic E-state index is -1.17. The van der Waals surface area contributed by atoms with Gasteiger partial charge in [0, 0.05) is 5.57 Å². The molecule has 1 rings (SSSR count). The van der Waals surface area contributed by atoms with Crippen LogP contribution in [0.15, 0.2) is 30.4 Å². The number of hydrogen-bond acceptors (Lipinski definition) is 4. The summed E-state index contributed by atoms with van der Waals surface area (Å²) in [6, 6.07) is 3.42. The van der Waals surface area contributed by atoms with Gasteiger partial charge in [-0.2, -0.15) is 0 Å². The van der Waals surface area contributed by atoms with E-state index in [-0.39, 0.29) is 22.6 Å². The van der Waals surface area contributed by atoms with E-state index in [1.165, 1.54) is 13.0 Å². The third kappa shape index (κ3) is 2.60. The molecule has 0 radical (unpaired) electrons. The van der Waals surface area contributed by atoms with Crippen molar-refractivity contribution in [2.75, 3.05) is 0 Å². The Kier molecular flexibility index (Phi) is 3.30. The van der Waals surface area contributed by atoms with Gasteiger partial charge in [0.05, 0.1) is 5.56 Å². The van der Waals surface area contributed by atoms with Gasteiger partial charge in [-0.05, 0) is 25.1 Å². The third-order valence-corrected chi connectivity index (χ3v) is 1.76. The molecule has 0 amide bonds. The van der Waals surface area contributed by atoms with Crippen molar-refractivity contribution in [3.05, 3.63) is 35.9 Å². The Hall–Kier alpha value is -2.30. The van der Waals surface area contributed by atoms with Crippen LogP contribution in [0.4, 0.5) is 0 Å². The molecule has 1 aromatic rings. The number of aromatic hydroxyl groups is 1. The predicted octanol–water partition coefficient (Wildman–Crippen LogP) is 1.57. The first kappa shape index (κ1) is 11.8. The summed E-state index contributed by atoms with van der Waals surface area (Å²) in [5.74, 6) is -2.40. The molecule has 2 N–H and O–H groups in total. The highest BCUT2D eigenvalue weighted by Crippen LogP contribution is 2.27. The molecule has 0 bridgehead atoms. The molecule has 0 aliphatic carbocycles. The molecule has 0 aromatic heterocycles. The van der Waals surface area contributed by atoms with Gasteiger partial charge in [-0.25, -0.2) is 9.59 Å². The van der Waals surface area contributed by atoms with Crippen LogP contribution in [0.3, 0.4) is 0 Å². The van der Waals surface area contributed by atoms with Gasteiger partial charge in [0.1, 0.15) is 0 Å². The lowest BCUT2D eigenvalue weighted by Gasteiger charge is -2.06. The fraction of sp³-hybridized carbons (Fsp3) is 0.0909. The van der Waals surface area contributed by atoms with Crippen LogP contribution in [-0.2, 0) is 4.79 Å². The molecular formula is C11H10O5. The van der Waals surface area contributed by atoms with Gasteiger partial charge >= 0.3 is 11.9 Å². The molecule has 16 heavy (non-hydrogen) atoms. The molecule has 0 saturated heterocycles. The number of phenolic OH excluding ortho intramolecular Hbond substituents is 1. The lowest BCUT2D eigenvalue weighted by atomic mass is 10.2. The van der Waals surface area contributed by atoms with Crippen LogP contribution < -0.4 is 4.74 Å². The molecule has 0 saturated carbocycles. The van der Waals surface area contributed by atoms with Crippen LogP contribution in [0, 0.1) is 0 Å². The van der Waals surface area contributed by atoms with E-state index in [2.05, 4.69) is 6.58 Å². The molecule has 0 aliphatic heterocycles. The minimum Gasteiger partial charge on any atom is -0.504 e. The van der Waals surface area contributed by atoms with Gasteiger partial charge in [-0.15, -0.1) is 0 Å². The Balaban J connectivity index is 3.03. The van der Waals surface area contributed by atoms with Crippen molar-refractivity contribution in [1.29, 1.82) is 0 Å². The number of aromatic carboxylic acids is 1. The summed E-state index contributed by atoms with van der Waals surface area (Å²) in [6.07, 6.45) is 0. The fourth-order valence-electron chi connectivity index (χ4n) is 0.916. The molecule has 84 valence electrons. The summed E-state index contributed by atoms with van der Waals surface area (Å²) in [5.41, 5.74) is 0.0717. The maximum absolute atomic E-state index is 11.2. The molecular weight excluding hydrogens is 212 g/mol. The molecule has 0 spiro atoms. The monoisotopic (exact) mass is 222 g/mol. The summed E-state index contributed by atoms with van der Waals surface area (Å²) in [4.78, 5) is 21.8. The maximum Gasteiger partial charge on any atom is 0.338 e. The van der Waals surface area contributed by atoms with Crippen molar-refractivity contribution in [3.8, 4) is 11.5 Å². The molecule has 5 heteroatoms. The van der Waals surface area contributed by atoms with Crippen molar-refractivity contribution in [3.63, 3.8) is 0 Å². The van der Waals surface area contributed by atoms with E-state index in [1.54, 1.807) is 0 Å². The number of ether oxygens (including phenoxy) is 1. The quantitative estimate of drug-likeness (QED) is 0.460.